The third kappa shape index (κ3) is 6.15. The normalized spacial score (nSPS) is 13.2. The van der Waals surface area contributed by atoms with Crippen LogP contribution in [0.25, 0.3) is 34.2 Å². The van der Waals surface area contributed by atoms with Crippen molar-refractivity contribution in [2.24, 2.45) is 21.1 Å². The van der Waals surface area contributed by atoms with Crippen molar-refractivity contribution in [1.82, 2.24) is 23.7 Å². The van der Waals surface area contributed by atoms with Crippen LogP contribution in [-0.2, 0) is 73.4 Å². The quantitative estimate of drug-likeness (QED) is 0.125. The second-order valence-electron chi connectivity index (χ2n) is 13.8. The summed E-state index contributed by atoms with van der Waals surface area (Å²) in [6, 6.07) is 40.4. The number of fused-ring (bicyclic) bond motifs is 5. The van der Waals surface area contributed by atoms with E-state index < -0.39 is 0 Å². The van der Waals surface area contributed by atoms with Gasteiger partial charge in [0.05, 0.1) is 30.6 Å². The molecule has 0 N–H and O–H groups in total. The zero-order valence-corrected chi connectivity index (χ0v) is 31.5. The summed E-state index contributed by atoms with van der Waals surface area (Å²) >= 11 is 0. The monoisotopic (exact) mass is 844 g/mol. The van der Waals surface area contributed by atoms with Crippen LogP contribution in [0.15, 0.2) is 110 Å². The van der Waals surface area contributed by atoms with Gasteiger partial charge in [-0.1, -0.05) is 34.4 Å². The first-order valence-electron chi connectivity index (χ1n) is 17.5. The minimum absolute atomic E-state index is 0. The molecular weight excluding hydrogens is 805 g/mol. The zero-order valence-electron chi connectivity index (χ0n) is 29.2. The Hall–Kier alpha value is -5.10. The fourth-order valence-corrected chi connectivity index (χ4v) is 7.98. The summed E-state index contributed by atoms with van der Waals surface area (Å²) in [5, 5.41) is 0. The van der Waals surface area contributed by atoms with Crippen LogP contribution in [0.5, 0.6) is 0 Å². The van der Waals surface area contributed by atoms with E-state index in [0.717, 1.165) is 72.7 Å². The van der Waals surface area contributed by atoms with Crippen LogP contribution in [0.1, 0.15) is 45.8 Å². The molecule has 1 radical (unpaired) electrons. The van der Waals surface area contributed by atoms with E-state index >= 15 is 0 Å². The fraction of sp³-hybridized carbons (Fsp3) is 0.205. The van der Waals surface area contributed by atoms with Crippen molar-refractivity contribution in [1.29, 1.82) is 0 Å². The van der Waals surface area contributed by atoms with Gasteiger partial charge in [-0.3, -0.25) is 14.5 Å². The first kappa shape index (κ1) is 33.1. The van der Waals surface area contributed by atoms with E-state index in [4.69, 9.17) is 9.97 Å². The van der Waals surface area contributed by atoms with Crippen LogP contribution in [0.3, 0.4) is 0 Å². The predicted molar refractivity (Wildman–Crippen MR) is 196 cm³/mol. The average molecular weight is 844 g/mol. The fourth-order valence-electron chi connectivity index (χ4n) is 7.98. The zero-order chi connectivity index (χ0) is 33.8. The number of hydrogen-bond acceptors (Lipinski definition) is 2. The number of aromatic nitrogens is 6. The largest absolute Gasteiger partial charge is 0.373 e. The average Bonchev–Trinajstić information content (AvgIpc) is 3.78. The summed E-state index contributed by atoms with van der Waals surface area (Å²) in [5.74, 6) is 4.54. The Kier molecular flexibility index (Phi) is 8.79. The van der Waals surface area contributed by atoms with Gasteiger partial charge in [-0.2, -0.15) is 17.5 Å². The molecule has 2 bridgehead atoms. The van der Waals surface area contributed by atoms with E-state index in [-0.39, 0.29) is 20.1 Å². The number of benzene rings is 4. The van der Waals surface area contributed by atoms with Crippen LogP contribution < -0.4 is 4.57 Å². The van der Waals surface area contributed by atoms with E-state index in [1.165, 1.54) is 51.3 Å². The van der Waals surface area contributed by atoms with Crippen molar-refractivity contribution in [2.45, 2.75) is 38.5 Å². The summed E-state index contributed by atoms with van der Waals surface area (Å²) in [4.78, 5) is 10.2. The van der Waals surface area contributed by atoms with Gasteiger partial charge in [0, 0.05) is 64.0 Å². The third-order valence-corrected chi connectivity index (χ3v) is 10.2. The van der Waals surface area contributed by atoms with Gasteiger partial charge in [0.25, 0.3) is 0 Å². The molecule has 0 saturated heterocycles. The molecule has 0 atom stereocenters. The first-order chi connectivity index (χ1) is 24.5. The standard InChI is InChI=1S/C44H39N6.Ir/c1-47-27-36(45-42(47)32-12-6-4-7-13-32)20-18-30-22-31-19-21-38-29-49(3)44-40-17-11-10-16-39(40)34(26-41(50(38)44)35(23-30)24-31)25-37-28-48(2)43(46-37)33-14-8-5-9-15-33;/h4-12,14,16-17,22-24,27-29H,18-21,25-26H2,1-3H3;/q-3;. The van der Waals surface area contributed by atoms with Gasteiger partial charge < -0.3 is 13.7 Å². The molecule has 0 saturated carbocycles. The summed E-state index contributed by atoms with van der Waals surface area (Å²) in [6.45, 7) is 0. The molecule has 4 aromatic carbocycles. The minimum atomic E-state index is 0. The maximum atomic E-state index is 5.15. The van der Waals surface area contributed by atoms with Crippen molar-refractivity contribution >= 4 is 0 Å². The predicted octanol–water partition coefficient (Wildman–Crippen LogP) is 7.26. The minimum Gasteiger partial charge on any atom is -0.373 e. The van der Waals surface area contributed by atoms with E-state index in [9.17, 15) is 0 Å². The Bertz CT molecular complexity index is 2330. The van der Waals surface area contributed by atoms with Crippen LogP contribution >= 0.6 is 0 Å². The maximum Gasteiger partial charge on any atom is 0.173 e. The van der Waals surface area contributed by atoms with Gasteiger partial charge in [-0.15, -0.1) is 96.1 Å². The summed E-state index contributed by atoms with van der Waals surface area (Å²) in [6.07, 6.45) is 12.1. The molecule has 5 heterocycles. The molecule has 7 aromatic rings. The van der Waals surface area contributed by atoms with Crippen LogP contribution in [0.2, 0.25) is 0 Å². The van der Waals surface area contributed by atoms with Crippen LogP contribution in [-0.4, -0.2) is 23.7 Å². The Morgan fingerprint density at radius 2 is 1.41 bits per heavy atom. The Labute approximate surface area is 313 Å². The smallest absolute Gasteiger partial charge is 0.173 e. The molecule has 0 spiro atoms. The van der Waals surface area contributed by atoms with Crippen molar-refractivity contribution in [3.63, 3.8) is 0 Å². The number of imidazole rings is 3. The number of nitrogens with zero attached hydrogens (tertiary/aromatic N) is 6. The molecule has 0 amide bonds. The van der Waals surface area contributed by atoms with Crippen molar-refractivity contribution in [3.05, 3.63) is 173 Å². The van der Waals surface area contributed by atoms with E-state index in [1.54, 1.807) is 0 Å². The molecular formula is C44H39IrN6-3. The van der Waals surface area contributed by atoms with Crippen LogP contribution in [0.4, 0.5) is 0 Å². The molecule has 7 heteroatoms. The van der Waals surface area contributed by atoms with Crippen molar-refractivity contribution in [2.75, 3.05) is 0 Å². The Morgan fingerprint density at radius 1 is 0.725 bits per heavy atom. The Morgan fingerprint density at radius 3 is 2.14 bits per heavy atom. The number of hydrogen-bond donors (Lipinski definition) is 0. The molecule has 2 aliphatic heterocycles. The van der Waals surface area contributed by atoms with Gasteiger partial charge in [-0.25, -0.2) is 0 Å². The second-order valence-corrected chi connectivity index (χ2v) is 13.8. The molecule has 0 unspecified atom stereocenters. The molecule has 6 nitrogen and oxygen atoms in total. The van der Waals surface area contributed by atoms with E-state index in [2.05, 4.69) is 125 Å². The van der Waals surface area contributed by atoms with Gasteiger partial charge >= 0.3 is 0 Å². The van der Waals surface area contributed by atoms with Crippen molar-refractivity contribution < 1.29 is 24.7 Å². The molecule has 9 rings (SSSR count). The SMILES string of the molecule is Cn1cc(CCc2cc3cc(c2)[C-]2C[C-](Cc4cn(C)c(-c5[c-]cccc5)n4)c4ccccc4-c4n(C)cc([n+]42)CC3)nc1-c1[c-]cccc1.[Ir]. The molecule has 0 aliphatic carbocycles. The Balaban J connectivity index is 0.00000374. The van der Waals surface area contributed by atoms with Gasteiger partial charge in [0.1, 0.15) is 0 Å². The number of rotatable bonds is 7. The molecule has 257 valence electrons. The second kappa shape index (κ2) is 13.6. The summed E-state index contributed by atoms with van der Waals surface area (Å²) in [5.41, 5.74) is 12.2. The molecule has 2 aliphatic rings. The maximum absolute atomic E-state index is 5.15. The van der Waals surface area contributed by atoms with Gasteiger partial charge in [0.15, 0.2) is 5.82 Å². The third-order valence-electron chi connectivity index (χ3n) is 10.2. The molecule has 3 aromatic heterocycles. The van der Waals surface area contributed by atoms with E-state index in [0.29, 0.717) is 0 Å². The van der Waals surface area contributed by atoms with E-state index in [1.807, 2.05) is 36.4 Å². The van der Waals surface area contributed by atoms with Crippen molar-refractivity contribution in [3.8, 4) is 34.2 Å². The first-order valence-corrected chi connectivity index (χ1v) is 17.5. The van der Waals surface area contributed by atoms with Gasteiger partial charge in [-0.05, 0) is 38.5 Å². The molecule has 51 heavy (non-hydrogen) atoms. The topological polar surface area (TPSA) is 44.5 Å². The van der Waals surface area contributed by atoms with Gasteiger partial charge in [0.2, 0.25) is 0 Å². The summed E-state index contributed by atoms with van der Waals surface area (Å²) in [7, 11) is 6.35. The van der Waals surface area contributed by atoms with Crippen LogP contribution in [0, 0.1) is 24.1 Å². The molecule has 0 fully saturated rings. The number of aryl methyl sites for hydroxylation is 7. The summed E-state index contributed by atoms with van der Waals surface area (Å²) < 4.78 is 9.15.